The highest BCUT2D eigenvalue weighted by molar-refractivity contribution is 7.94. The maximum atomic E-state index is 12.5. The van der Waals surface area contributed by atoms with Crippen LogP contribution < -0.4 is 9.62 Å². The smallest absolute Gasteiger partial charge is 0.337 e. The van der Waals surface area contributed by atoms with Crippen LogP contribution in [0.3, 0.4) is 0 Å². The van der Waals surface area contributed by atoms with Gasteiger partial charge in [-0.25, -0.2) is 13.2 Å². The largest absolute Gasteiger partial charge is 0.478 e. The molecule has 0 aliphatic heterocycles. The average molecular weight is 451 g/mol. The quantitative estimate of drug-likeness (QED) is 0.508. The number of nitrogens with one attached hydrogen (secondary N) is 1. The highest BCUT2D eigenvalue weighted by atomic mass is 35.5. The fourth-order valence-corrected chi connectivity index (χ4v) is 5.40. The molecule has 0 bridgehead atoms. The first-order chi connectivity index (χ1) is 13.8. The standard InChI is InChI=1S/C20H19ClN2O4S2/c1-2-23(13-14-6-4-3-5-7-14)17-9-8-15(12-16(17)20(24)25)22-29(26,27)19-11-10-18(21)28-19/h3-12,22H,2,13H2,1H3,(H,24,25). The SMILES string of the molecule is CCN(Cc1ccccc1)c1ccc(NS(=O)(=O)c2ccc(Cl)s2)cc1C(=O)O. The Hall–Kier alpha value is -2.55. The minimum Gasteiger partial charge on any atom is -0.478 e. The highest BCUT2D eigenvalue weighted by Crippen LogP contribution is 2.30. The van der Waals surface area contributed by atoms with Gasteiger partial charge >= 0.3 is 5.97 Å². The summed E-state index contributed by atoms with van der Waals surface area (Å²) in [5.41, 5.74) is 1.76. The number of sulfonamides is 1. The zero-order valence-electron chi connectivity index (χ0n) is 15.5. The summed E-state index contributed by atoms with van der Waals surface area (Å²) in [6.45, 7) is 3.07. The van der Waals surface area contributed by atoms with Gasteiger partial charge in [0.2, 0.25) is 0 Å². The van der Waals surface area contributed by atoms with Gasteiger partial charge in [-0.3, -0.25) is 4.72 Å². The van der Waals surface area contributed by atoms with Gasteiger partial charge in [-0.1, -0.05) is 41.9 Å². The number of rotatable bonds is 8. The predicted molar refractivity (Wildman–Crippen MR) is 117 cm³/mol. The highest BCUT2D eigenvalue weighted by Gasteiger charge is 2.20. The van der Waals surface area contributed by atoms with Crippen LogP contribution >= 0.6 is 22.9 Å². The van der Waals surface area contributed by atoms with E-state index in [0.29, 0.717) is 23.1 Å². The van der Waals surface area contributed by atoms with Crippen molar-refractivity contribution >= 4 is 50.3 Å². The van der Waals surface area contributed by atoms with E-state index < -0.39 is 16.0 Å². The van der Waals surface area contributed by atoms with Crippen molar-refractivity contribution in [2.75, 3.05) is 16.2 Å². The number of nitrogens with zero attached hydrogens (tertiary/aromatic N) is 1. The second kappa shape index (κ2) is 8.86. The van der Waals surface area contributed by atoms with Crippen LogP contribution in [0.1, 0.15) is 22.8 Å². The molecular formula is C20H19ClN2O4S2. The van der Waals surface area contributed by atoms with Crippen LogP contribution in [0.15, 0.2) is 64.9 Å². The summed E-state index contributed by atoms with van der Waals surface area (Å²) in [6.07, 6.45) is 0. The Bertz CT molecular complexity index is 1110. The lowest BCUT2D eigenvalue weighted by Crippen LogP contribution is -2.24. The van der Waals surface area contributed by atoms with E-state index >= 15 is 0 Å². The Morgan fingerprint density at radius 3 is 2.45 bits per heavy atom. The molecule has 0 saturated heterocycles. The molecular weight excluding hydrogens is 432 g/mol. The van der Waals surface area contributed by atoms with Gasteiger partial charge in [0.05, 0.1) is 15.6 Å². The molecule has 1 aromatic heterocycles. The summed E-state index contributed by atoms with van der Waals surface area (Å²) in [5, 5.41) is 9.70. The molecule has 0 radical (unpaired) electrons. The van der Waals surface area contributed by atoms with Crippen molar-refractivity contribution < 1.29 is 18.3 Å². The van der Waals surface area contributed by atoms with Crippen LogP contribution in [0.2, 0.25) is 4.34 Å². The van der Waals surface area contributed by atoms with E-state index in [0.717, 1.165) is 16.9 Å². The van der Waals surface area contributed by atoms with Crippen LogP contribution in [-0.2, 0) is 16.6 Å². The Morgan fingerprint density at radius 2 is 1.86 bits per heavy atom. The number of carboxylic acids is 1. The molecule has 0 aliphatic carbocycles. The van der Waals surface area contributed by atoms with Gasteiger partial charge in [0.25, 0.3) is 10.0 Å². The Balaban J connectivity index is 1.91. The number of aromatic carboxylic acids is 1. The van der Waals surface area contributed by atoms with Gasteiger partial charge in [0.1, 0.15) is 4.21 Å². The topological polar surface area (TPSA) is 86.7 Å². The molecule has 0 saturated carbocycles. The molecule has 2 aromatic carbocycles. The van der Waals surface area contributed by atoms with E-state index in [-0.39, 0.29) is 15.5 Å². The molecule has 3 rings (SSSR count). The molecule has 2 N–H and O–H groups in total. The van der Waals surface area contributed by atoms with Gasteiger partial charge in [-0.05, 0) is 42.8 Å². The van der Waals surface area contributed by atoms with Crippen molar-refractivity contribution in [2.45, 2.75) is 17.7 Å². The van der Waals surface area contributed by atoms with Crippen molar-refractivity contribution in [3.63, 3.8) is 0 Å². The van der Waals surface area contributed by atoms with Gasteiger partial charge < -0.3 is 10.0 Å². The molecule has 3 aromatic rings. The Morgan fingerprint density at radius 1 is 1.14 bits per heavy atom. The second-order valence-electron chi connectivity index (χ2n) is 6.20. The van der Waals surface area contributed by atoms with Crippen molar-refractivity contribution in [2.24, 2.45) is 0 Å². The molecule has 0 unspecified atom stereocenters. The van der Waals surface area contributed by atoms with Gasteiger partial charge in [-0.15, -0.1) is 11.3 Å². The van der Waals surface area contributed by atoms with E-state index in [2.05, 4.69) is 4.72 Å². The third-order valence-corrected chi connectivity index (χ3v) is 7.34. The van der Waals surface area contributed by atoms with Crippen molar-refractivity contribution in [1.29, 1.82) is 0 Å². The van der Waals surface area contributed by atoms with E-state index in [1.807, 2.05) is 42.2 Å². The average Bonchev–Trinajstić information content (AvgIpc) is 3.14. The molecule has 0 amide bonds. The number of hydrogen-bond donors (Lipinski definition) is 2. The lowest BCUT2D eigenvalue weighted by Gasteiger charge is -2.25. The lowest BCUT2D eigenvalue weighted by atomic mass is 10.1. The fourth-order valence-electron chi connectivity index (χ4n) is 2.87. The number of benzene rings is 2. The molecule has 6 nitrogen and oxygen atoms in total. The third-order valence-electron chi connectivity index (χ3n) is 4.23. The first kappa shape index (κ1) is 21.2. The minimum atomic E-state index is -3.84. The van der Waals surface area contributed by atoms with E-state index in [9.17, 15) is 18.3 Å². The first-order valence-corrected chi connectivity index (χ1v) is 11.4. The molecule has 9 heteroatoms. The summed E-state index contributed by atoms with van der Waals surface area (Å²) in [6, 6.07) is 17.1. The molecule has 1 heterocycles. The second-order valence-corrected chi connectivity index (χ2v) is 9.83. The summed E-state index contributed by atoms with van der Waals surface area (Å²) < 4.78 is 27.8. The predicted octanol–water partition coefficient (Wildman–Crippen LogP) is 4.93. The third kappa shape index (κ3) is 5.09. The van der Waals surface area contributed by atoms with E-state index in [1.165, 1.54) is 18.2 Å². The number of thiophene rings is 1. The van der Waals surface area contributed by atoms with E-state index in [4.69, 9.17) is 11.6 Å². The van der Waals surface area contributed by atoms with Crippen molar-refractivity contribution in [1.82, 2.24) is 0 Å². The summed E-state index contributed by atoms with van der Waals surface area (Å²) in [7, 11) is -3.84. The molecule has 0 aliphatic rings. The zero-order chi connectivity index (χ0) is 21.0. The van der Waals surface area contributed by atoms with Gasteiger partial charge in [0.15, 0.2) is 0 Å². The minimum absolute atomic E-state index is 0.0205. The number of carboxylic acid groups (broad SMARTS) is 1. The van der Waals surface area contributed by atoms with Crippen molar-refractivity contribution in [3.8, 4) is 0 Å². The van der Waals surface area contributed by atoms with Crippen LogP contribution in [0.5, 0.6) is 0 Å². The molecule has 0 atom stereocenters. The van der Waals surface area contributed by atoms with Crippen molar-refractivity contribution in [3.05, 3.63) is 76.1 Å². The maximum absolute atomic E-state index is 12.5. The molecule has 152 valence electrons. The van der Waals surface area contributed by atoms with Crippen LogP contribution in [0.25, 0.3) is 0 Å². The monoisotopic (exact) mass is 450 g/mol. The number of halogens is 1. The van der Waals surface area contributed by atoms with E-state index in [1.54, 1.807) is 12.1 Å². The summed E-state index contributed by atoms with van der Waals surface area (Å²) >= 11 is 6.75. The summed E-state index contributed by atoms with van der Waals surface area (Å²) in [5.74, 6) is -1.13. The number of carbonyl (C=O) groups is 1. The lowest BCUT2D eigenvalue weighted by molar-refractivity contribution is 0.0697. The summed E-state index contributed by atoms with van der Waals surface area (Å²) in [4.78, 5) is 13.8. The van der Waals surface area contributed by atoms with Crippen LogP contribution in [0.4, 0.5) is 11.4 Å². The molecule has 0 spiro atoms. The zero-order valence-corrected chi connectivity index (χ0v) is 17.9. The Kier molecular flexibility index (Phi) is 6.46. The molecule has 0 fully saturated rings. The normalized spacial score (nSPS) is 11.2. The maximum Gasteiger partial charge on any atom is 0.337 e. The number of anilines is 2. The number of hydrogen-bond acceptors (Lipinski definition) is 5. The first-order valence-electron chi connectivity index (χ1n) is 8.74. The van der Waals surface area contributed by atoms with Gasteiger partial charge in [0, 0.05) is 18.8 Å². The Labute approximate surface area is 178 Å². The van der Waals surface area contributed by atoms with Crippen LogP contribution in [-0.4, -0.2) is 26.0 Å². The van der Waals surface area contributed by atoms with Gasteiger partial charge in [-0.2, -0.15) is 0 Å². The fraction of sp³-hybridized carbons (Fsp3) is 0.150. The van der Waals surface area contributed by atoms with Crippen LogP contribution in [0, 0.1) is 0 Å². The molecule has 29 heavy (non-hydrogen) atoms.